The SMILES string of the molecule is CC(=O)C1(C2CS(=O)(=O)c3ccccc32)CCOC1=O. The van der Waals surface area contributed by atoms with Crippen LogP contribution in [0.2, 0.25) is 0 Å². The summed E-state index contributed by atoms with van der Waals surface area (Å²) in [6, 6.07) is 6.58. The molecule has 1 aromatic rings. The fraction of sp³-hybridized carbons (Fsp3) is 0.429. The standard InChI is InChI=1S/C14H14O5S/c1-9(15)14(6-7-19-13(14)16)11-8-20(17,18)12-5-3-2-4-10(11)12/h2-5,11H,6-8H2,1H3. The molecule has 1 aromatic carbocycles. The molecule has 0 spiro atoms. The first-order chi connectivity index (χ1) is 9.39. The van der Waals surface area contributed by atoms with Gasteiger partial charge in [0.1, 0.15) is 11.2 Å². The molecule has 2 heterocycles. The zero-order valence-electron chi connectivity index (χ0n) is 11.0. The van der Waals surface area contributed by atoms with Crippen molar-refractivity contribution in [3.63, 3.8) is 0 Å². The summed E-state index contributed by atoms with van der Waals surface area (Å²) < 4.78 is 29.4. The van der Waals surface area contributed by atoms with Crippen LogP contribution >= 0.6 is 0 Å². The van der Waals surface area contributed by atoms with Crippen molar-refractivity contribution >= 4 is 21.6 Å². The van der Waals surface area contributed by atoms with Crippen LogP contribution in [-0.4, -0.2) is 32.5 Å². The molecule has 5 nitrogen and oxygen atoms in total. The molecule has 0 aliphatic carbocycles. The summed E-state index contributed by atoms with van der Waals surface area (Å²) in [6.45, 7) is 1.50. The summed E-state index contributed by atoms with van der Waals surface area (Å²) in [5.74, 6) is -1.77. The van der Waals surface area contributed by atoms with Crippen LogP contribution in [0.15, 0.2) is 29.2 Å². The Hall–Kier alpha value is -1.69. The van der Waals surface area contributed by atoms with Crippen molar-refractivity contribution in [1.29, 1.82) is 0 Å². The van der Waals surface area contributed by atoms with Crippen LogP contribution in [0.4, 0.5) is 0 Å². The van der Waals surface area contributed by atoms with E-state index < -0.39 is 27.1 Å². The van der Waals surface area contributed by atoms with E-state index in [0.717, 1.165) is 0 Å². The number of rotatable bonds is 2. The second-order valence-corrected chi connectivity index (χ2v) is 7.29. The summed E-state index contributed by atoms with van der Waals surface area (Å²) in [4.78, 5) is 24.4. The van der Waals surface area contributed by atoms with Gasteiger partial charge in [0.15, 0.2) is 9.84 Å². The van der Waals surface area contributed by atoms with Crippen molar-refractivity contribution < 1.29 is 22.7 Å². The van der Waals surface area contributed by atoms with E-state index in [1.807, 2.05) is 0 Å². The lowest BCUT2D eigenvalue weighted by molar-refractivity contribution is -0.151. The summed E-state index contributed by atoms with van der Waals surface area (Å²) in [5, 5.41) is 0. The van der Waals surface area contributed by atoms with Crippen molar-refractivity contribution in [1.82, 2.24) is 0 Å². The van der Waals surface area contributed by atoms with Gasteiger partial charge in [0, 0.05) is 12.3 Å². The molecular weight excluding hydrogens is 280 g/mol. The molecule has 0 amide bonds. The third-order valence-corrected chi connectivity index (χ3v) is 6.15. The Morgan fingerprint density at radius 1 is 1.35 bits per heavy atom. The van der Waals surface area contributed by atoms with Crippen molar-refractivity contribution in [3.05, 3.63) is 29.8 Å². The van der Waals surface area contributed by atoms with Crippen LogP contribution in [0.3, 0.4) is 0 Å². The molecule has 20 heavy (non-hydrogen) atoms. The molecule has 0 N–H and O–H groups in total. The third kappa shape index (κ3) is 1.57. The molecule has 1 saturated heterocycles. The van der Waals surface area contributed by atoms with Crippen LogP contribution in [-0.2, 0) is 24.2 Å². The Morgan fingerprint density at radius 2 is 2.05 bits per heavy atom. The molecule has 2 aliphatic heterocycles. The molecule has 106 valence electrons. The highest BCUT2D eigenvalue weighted by atomic mass is 32.2. The van der Waals surface area contributed by atoms with Gasteiger partial charge in [0.05, 0.1) is 17.3 Å². The number of cyclic esters (lactones) is 1. The van der Waals surface area contributed by atoms with E-state index in [1.165, 1.54) is 13.0 Å². The minimum atomic E-state index is -3.45. The fourth-order valence-corrected chi connectivity index (χ4v) is 5.21. The normalized spacial score (nSPS) is 30.9. The van der Waals surface area contributed by atoms with Crippen LogP contribution in [0.25, 0.3) is 0 Å². The molecular formula is C14H14O5S. The van der Waals surface area contributed by atoms with Gasteiger partial charge in [-0.15, -0.1) is 0 Å². The molecule has 2 unspecified atom stereocenters. The van der Waals surface area contributed by atoms with Crippen LogP contribution in [0.1, 0.15) is 24.8 Å². The molecule has 2 aliphatic rings. The highest BCUT2D eigenvalue weighted by molar-refractivity contribution is 7.91. The maximum atomic E-state index is 12.2. The number of carbonyl (C=O) groups excluding carboxylic acids is 2. The largest absolute Gasteiger partial charge is 0.465 e. The first-order valence-corrected chi connectivity index (χ1v) is 8.05. The van der Waals surface area contributed by atoms with Gasteiger partial charge in [-0.25, -0.2) is 8.42 Å². The van der Waals surface area contributed by atoms with Gasteiger partial charge in [0.25, 0.3) is 0 Å². The van der Waals surface area contributed by atoms with Gasteiger partial charge in [-0.3, -0.25) is 9.59 Å². The van der Waals surface area contributed by atoms with Gasteiger partial charge in [-0.2, -0.15) is 0 Å². The average molecular weight is 294 g/mol. The highest BCUT2D eigenvalue weighted by Crippen LogP contribution is 2.50. The maximum absolute atomic E-state index is 12.2. The van der Waals surface area contributed by atoms with E-state index in [4.69, 9.17) is 4.74 Å². The number of benzene rings is 1. The molecule has 0 bridgehead atoms. The highest BCUT2D eigenvalue weighted by Gasteiger charge is 2.58. The lowest BCUT2D eigenvalue weighted by Crippen LogP contribution is -2.41. The maximum Gasteiger partial charge on any atom is 0.320 e. The second-order valence-electron chi connectivity index (χ2n) is 5.29. The number of Topliss-reactive ketones (excluding diaryl/α,β-unsaturated/α-hetero) is 1. The fourth-order valence-electron chi connectivity index (χ4n) is 3.28. The number of fused-ring (bicyclic) bond motifs is 1. The Balaban J connectivity index is 2.21. The zero-order chi connectivity index (χ0) is 14.5. The second kappa shape index (κ2) is 4.15. The average Bonchev–Trinajstić information content (AvgIpc) is 2.90. The topological polar surface area (TPSA) is 77.5 Å². The number of ketones is 1. The minimum absolute atomic E-state index is 0.164. The summed E-state index contributed by atoms with van der Waals surface area (Å²) in [7, 11) is -3.45. The van der Waals surface area contributed by atoms with Gasteiger partial charge in [0.2, 0.25) is 0 Å². The van der Waals surface area contributed by atoms with E-state index in [-0.39, 0.29) is 29.5 Å². The first-order valence-electron chi connectivity index (χ1n) is 6.39. The van der Waals surface area contributed by atoms with E-state index in [1.54, 1.807) is 18.2 Å². The van der Waals surface area contributed by atoms with E-state index in [9.17, 15) is 18.0 Å². The van der Waals surface area contributed by atoms with Crippen molar-refractivity contribution in [2.24, 2.45) is 5.41 Å². The lowest BCUT2D eigenvalue weighted by Gasteiger charge is -2.28. The molecule has 1 fully saturated rings. The van der Waals surface area contributed by atoms with E-state index >= 15 is 0 Å². The van der Waals surface area contributed by atoms with Gasteiger partial charge in [-0.1, -0.05) is 18.2 Å². The van der Waals surface area contributed by atoms with Gasteiger partial charge in [-0.05, 0) is 18.6 Å². The molecule has 0 saturated carbocycles. The van der Waals surface area contributed by atoms with E-state index in [0.29, 0.717) is 5.56 Å². The zero-order valence-corrected chi connectivity index (χ0v) is 11.8. The Morgan fingerprint density at radius 3 is 2.65 bits per heavy atom. The predicted molar refractivity (Wildman–Crippen MR) is 69.9 cm³/mol. The molecule has 0 aromatic heterocycles. The first kappa shape index (κ1) is 13.3. The monoisotopic (exact) mass is 294 g/mol. The van der Waals surface area contributed by atoms with Crippen molar-refractivity contribution in [2.45, 2.75) is 24.2 Å². The Kier molecular flexibility index (Phi) is 2.76. The van der Waals surface area contributed by atoms with E-state index in [2.05, 4.69) is 0 Å². The van der Waals surface area contributed by atoms with Gasteiger partial charge < -0.3 is 4.74 Å². The number of esters is 1. The van der Waals surface area contributed by atoms with Crippen molar-refractivity contribution in [2.75, 3.05) is 12.4 Å². The minimum Gasteiger partial charge on any atom is -0.465 e. The van der Waals surface area contributed by atoms with Crippen LogP contribution < -0.4 is 0 Å². The van der Waals surface area contributed by atoms with Crippen molar-refractivity contribution in [3.8, 4) is 0 Å². The van der Waals surface area contributed by atoms with Crippen LogP contribution in [0.5, 0.6) is 0 Å². The summed E-state index contributed by atoms with van der Waals surface area (Å²) in [5.41, 5.74) is -0.791. The smallest absolute Gasteiger partial charge is 0.320 e. The van der Waals surface area contributed by atoms with Gasteiger partial charge >= 0.3 is 5.97 Å². The quantitative estimate of drug-likeness (QED) is 0.602. The molecule has 3 rings (SSSR count). The predicted octanol–water partition coefficient (Wildman–Crippen LogP) is 1.08. The molecule has 6 heteroatoms. The Labute approximate surface area is 116 Å². The number of hydrogen-bond acceptors (Lipinski definition) is 5. The third-order valence-electron chi connectivity index (χ3n) is 4.33. The molecule has 2 atom stereocenters. The number of sulfone groups is 1. The van der Waals surface area contributed by atoms with Crippen LogP contribution in [0, 0.1) is 5.41 Å². The Bertz CT molecular complexity index is 706. The number of ether oxygens (including phenoxy) is 1. The number of hydrogen-bond donors (Lipinski definition) is 0. The lowest BCUT2D eigenvalue weighted by atomic mass is 9.69. The summed E-state index contributed by atoms with van der Waals surface area (Å²) in [6.07, 6.45) is 0.246. The summed E-state index contributed by atoms with van der Waals surface area (Å²) >= 11 is 0. The number of carbonyl (C=O) groups is 2. The molecule has 0 radical (unpaired) electrons.